The Hall–Kier alpha value is -1.85. The maximum absolute atomic E-state index is 12.9. The van der Waals surface area contributed by atoms with Gasteiger partial charge >= 0.3 is 0 Å². The molecule has 0 radical (unpaired) electrons. The minimum absolute atomic E-state index is 0.0701. The second kappa shape index (κ2) is 6.72. The average molecular weight is 335 g/mol. The molecule has 1 aromatic carbocycles. The molecule has 0 unspecified atom stereocenters. The van der Waals surface area contributed by atoms with Crippen LogP contribution >= 0.6 is 11.6 Å². The fourth-order valence-electron chi connectivity index (χ4n) is 2.92. The van der Waals surface area contributed by atoms with Gasteiger partial charge in [-0.25, -0.2) is 0 Å². The van der Waals surface area contributed by atoms with E-state index in [1.165, 1.54) is 0 Å². The van der Waals surface area contributed by atoms with Crippen molar-refractivity contribution in [2.24, 2.45) is 0 Å². The highest BCUT2D eigenvalue weighted by Crippen LogP contribution is 2.26. The fourth-order valence-corrected chi connectivity index (χ4v) is 3.24. The quantitative estimate of drug-likeness (QED) is 0.866. The molecule has 1 amide bonds. The Morgan fingerprint density at radius 1 is 1.26 bits per heavy atom. The van der Waals surface area contributed by atoms with Gasteiger partial charge in [0.05, 0.1) is 23.8 Å². The highest BCUT2D eigenvalue weighted by atomic mass is 35.5. The molecule has 0 bridgehead atoms. The molecule has 1 aliphatic rings. The second-order valence-corrected chi connectivity index (χ2v) is 5.95. The molecule has 0 N–H and O–H groups in total. The number of aromatic nitrogens is 1. The van der Waals surface area contributed by atoms with Gasteiger partial charge in [-0.2, -0.15) is 0 Å². The Morgan fingerprint density at radius 3 is 2.65 bits per heavy atom. The first-order valence-corrected chi connectivity index (χ1v) is 8.21. The van der Waals surface area contributed by atoms with Gasteiger partial charge in [-0.1, -0.05) is 36.7 Å². The van der Waals surface area contributed by atoms with Crippen molar-refractivity contribution in [3.8, 4) is 0 Å². The number of para-hydroxylation sites is 1. The van der Waals surface area contributed by atoms with Gasteiger partial charge < -0.3 is 14.2 Å². The molecule has 2 heterocycles. The summed E-state index contributed by atoms with van der Waals surface area (Å²) in [4.78, 5) is 27.3. The van der Waals surface area contributed by atoms with Crippen molar-refractivity contribution in [2.75, 3.05) is 26.3 Å². The largest absolute Gasteiger partial charge is 0.378 e. The van der Waals surface area contributed by atoms with Gasteiger partial charge in [-0.3, -0.25) is 9.59 Å². The Bertz CT molecular complexity index is 794. The molecule has 23 heavy (non-hydrogen) atoms. The third-order valence-corrected chi connectivity index (χ3v) is 4.46. The number of pyridine rings is 1. The van der Waals surface area contributed by atoms with Crippen LogP contribution < -0.4 is 5.56 Å². The van der Waals surface area contributed by atoms with E-state index in [9.17, 15) is 9.59 Å². The second-order valence-electron chi connectivity index (χ2n) is 5.57. The molecule has 0 saturated carbocycles. The number of benzene rings is 1. The first-order valence-electron chi connectivity index (χ1n) is 7.83. The number of carbonyl (C=O) groups is 1. The van der Waals surface area contributed by atoms with Crippen molar-refractivity contribution < 1.29 is 9.53 Å². The summed E-state index contributed by atoms with van der Waals surface area (Å²) in [6.07, 6.45) is 0.802. The summed E-state index contributed by atoms with van der Waals surface area (Å²) in [6.45, 7) is 4.49. The predicted molar refractivity (Wildman–Crippen MR) is 90.2 cm³/mol. The third-order valence-electron chi connectivity index (χ3n) is 4.07. The molecule has 3 rings (SSSR count). The number of halogens is 1. The van der Waals surface area contributed by atoms with Gasteiger partial charge in [0.1, 0.15) is 5.56 Å². The van der Waals surface area contributed by atoms with Crippen LogP contribution in [0.1, 0.15) is 23.7 Å². The van der Waals surface area contributed by atoms with Gasteiger partial charge in [0, 0.05) is 25.0 Å². The van der Waals surface area contributed by atoms with Gasteiger partial charge in [0.2, 0.25) is 0 Å². The lowest BCUT2D eigenvalue weighted by molar-refractivity contribution is 0.0301. The lowest BCUT2D eigenvalue weighted by Gasteiger charge is -2.27. The molecule has 0 spiro atoms. The maximum Gasteiger partial charge on any atom is 0.265 e. The smallest absolute Gasteiger partial charge is 0.265 e. The minimum Gasteiger partial charge on any atom is -0.378 e. The van der Waals surface area contributed by atoms with E-state index >= 15 is 0 Å². The first kappa shape index (κ1) is 16.0. The molecule has 122 valence electrons. The van der Waals surface area contributed by atoms with E-state index in [-0.39, 0.29) is 22.1 Å². The standard InChI is InChI=1S/C17H19ClN2O3/c1-2-7-20-13-6-4-3-5-12(13)15(18)14(17(20)22)16(21)19-8-10-23-11-9-19/h3-6H,2,7-11H2,1H3. The van der Waals surface area contributed by atoms with E-state index in [4.69, 9.17) is 16.3 Å². The van der Waals surface area contributed by atoms with Crippen LogP contribution in [0.5, 0.6) is 0 Å². The number of nitrogens with zero attached hydrogens (tertiary/aromatic N) is 2. The van der Waals surface area contributed by atoms with Crippen LogP contribution in [0.15, 0.2) is 29.1 Å². The number of carbonyl (C=O) groups excluding carboxylic acids is 1. The number of aryl methyl sites for hydroxylation is 1. The molecular weight excluding hydrogens is 316 g/mol. The van der Waals surface area contributed by atoms with Crippen LogP contribution in [0.2, 0.25) is 5.02 Å². The SMILES string of the molecule is CCCn1c(=O)c(C(=O)N2CCOCC2)c(Cl)c2ccccc21. The molecule has 5 nitrogen and oxygen atoms in total. The third kappa shape index (κ3) is 2.86. The molecule has 1 aromatic heterocycles. The summed E-state index contributed by atoms with van der Waals surface area (Å²) in [5.74, 6) is -0.307. The molecule has 1 saturated heterocycles. The van der Waals surface area contributed by atoms with Crippen LogP contribution in [-0.4, -0.2) is 41.7 Å². The van der Waals surface area contributed by atoms with Crippen LogP contribution in [0.3, 0.4) is 0 Å². The molecule has 1 fully saturated rings. The highest BCUT2D eigenvalue weighted by Gasteiger charge is 2.26. The Morgan fingerprint density at radius 2 is 1.96 bits per heavy atom. The normalized spacial score (nSPS) is 15.1. The van der Waals surface area contributed by atoms with Crippen LogP contribution in [0.25, 0.3) is 10.9 Å². The summed E-state index contributed by atoms with van der Waals surface area (Å²) < 4.78 is 6.92. The number of ether oxygens (including phenoxy) is 1. The van der Waals surface area contributed by atoms with Crippen molar-refractivity contribution in [3.05, 3.63) is 45.2 Å². The van der Waals surface area contributed by atoms with E-state index in [1.807, 2.05) is 31.2 Å². The Labute approximate surface area is 139 Å². The maximum atomic E-state index is 12.9. The first-order chi connectivity index (χ1) is 11.1. The number of morpholine rings is 1. The number of hydrogen-bond donors (Lipinski definition) is 0. The van der Waals surface area contributed by atoms with Crippen molar-refractivity contribution in [1.29, 1.82) is 0 Å². The summed E-state index contributed by atoms with van der Waals surface area (Å²) >= 11 is 6.44. The van der Waals surface area contributed by atoms with Crippen molar-refractivity contribution in [1.82, 2.24) is 9.47 Å². The molecule has 1 aliphatic heterocycles. The lowest BCUT2D eigenvalue weighted by atomic mass is 10.1. The summed E-state index contributed by atoms with van der Waals surface area (Å²) in [5, 5.41) is 0.980. The van der Waals surface area contributed by atoms with E-state index in [0.29, 0.717) is 32.8 Å². The van der Waals surface area contributed by atoms with E-state index in [0.717, 1.165) is 17.3 Å². The molecule has 0 aliphatic carbocycles. The zero-order chi connectivity index (χ0) is 16.4. The monoisotopic (exact) mass is 334 g/mol. The van der Waals surface area contributed by atoms with E-state index in [1.54, 1.807) is 9.47 Å². The predicted octanol–water partition coefficient (Wildman–Crippen LogP) is 2.54. The zero-order valence-corrected chi connectivity index (χ0v) is 13.8. The number of rotatable bonds is 3. The van der Waals surface area contributed by atoms with Gasteiger partial charge in [0.25, 0.3) is 11.5 Å². The van der Waals surface area contributed by atoms with Crippen molar-refractivity contribution >= 4 is 28.4 Å². The summed E-state index contributed by atoms with van der Waals surface area (Å²) in [7, 11) is 0. The lowest BCUT2D eigenvalue weighted by Crippen LogP contribution is -2.43. The zero-order valence-electron chi connectivity index (χ0n) is 13.0. The van der Waals surface area contributed by atoms with Crippen molar-refractivity contribution in [2.45, 2.75) is 19.9 Å². The van der Waals surface area contributed by atoms with E-state index in [2.05, 4.69) is 0 Å². The molecule has 6 heteroatoms. The van der Waals surface area contributed by atoms with Gasteiger partial charge in [0.15, 0.2) is 0 Å². The summed E-state index contributed by atoms with van der Waals surface area (Å²) in [5.41, 5.74) is 0.524. The minimum atomic E-state index is -0.313. The average Bonchev–Trinajstić information content (AvgIpc) is 2.59. The van der Waals surface area contributed by atoms with Gasteiger partial charge in [-0.15, -0.1) is 0 Å². The van der Waals surface area contributed by atoms with Gasteiger partial charge in [-0.05, 0) is 12.5 Å². The molecular formula is C17H19ClN2O3. The van der Waals surface area contributed by atoms with Crippen LogP contribution in [-0.2, 0) is 11.3 Å². The number of hydrogen-bond acceptors (Lipinski definition) is 3. The summed E-state index contributed by atoms with van der Waals surface area (Å²) in [6, 6.07) is 7.44. The Kier molecular flexibility index (Phi) is 4.68. The number of amides is 1. The van der Waals surface area contributed by atoms with Crippen molar-refractivity contribution in [3.63, 3.8) is 0 Å². The molecule has 2 aromatic rings. The Balaban J connectivity index is 2.19. The van der Waals surface area contributed by atoms with E-state index < -0.39 is 0 Å². The van der Waals surface area contributed by atoms with Crippen LogP contribution in [0.4, 0.5) is 0 Å². The topological polar surface area (TPSA) is 51.5 Å². The fraction of sp³-hybridized carbons (Fsp3) is 0.412. The highest BCUT2D eigenvalue weighted by molar-refractivity contribution is 6.38. The molecule has 0 atom stereocenters. The van der Waals surface area contributed by atoms with Crippen LogP contribution in [0, 0.1) is 0 Å². The number of fused-ring (bicyclic) bond motifs is 1.